The van der Waals surface area contributed by atoms with Crippen LogP contribution in [0.15, 0.2) is 42.5 Å². The van der Waals surface area contributed by atoms with Crippen molar-refractivity contribution in [1.82, 2.24) is 0 Å². The van der Waals surface area contributed by atoms with E-state index in [0.29, 0.717) is 6.42 Å². The first kappa shape index (κ1) is 28.1. The largest absolute Gasteiger partial charge is 0.326 e. The predicted octanol–water partition coefficient (Wildman–Crippen LogP) is 9.11. The zero-order valence-electron chi connectivity index (χ0n) is 22.9. The highest BCUT2D eigenvalue weighted by Gasteiger charge is 2.16. The summed E-state index contributed by atoms with van der Waals surface area (Å²) < 4.78 is 0. The van der Waals surface area contributed by atoms with E-state index in [0.717, 1.165) is 34.9 Å². The summed E-state index contributed by atoms with van der Waals surface area (Å²) >= 11 is 0. The van der Waals surface area contributed by atoms with Crippen LogP contribution in [0.25, 0.3) is 0 Å². The molecule has 0 aromatic heterocycles. The van der Waals surface area contributed by atoms with Crippen molar-refractivity contribution in [2.24, 2.45) is 17.8 Å². The fourth-order valence-corrected chi connectivity index (χ4v) is 5.08. The Morgan fingerprint density at radius 1 is 0.971 bits per heavy atom. The van der Waals surface area contributed by atoms with E-state index in [-0.39, 0.29) is 5.91 Å². The standard InChI is InChI=1S/C12H16.C12H26.C8H7NO/c1-9-6-7-12-10(2)4-3-5-11(12)8-9;1-6-7-12(11(4)5)9-8-10(2)3;10-8-5-6-3-1-2-4-7(6)9-8/h6-8,10H,3-5H2,1-2H3;10-12H,6-9H2,1-5H3;1-4H,5H2,(H,9,10). The van der Waals surface area contributed by atoms with E-state index in [1.807, 2.05) is 24.3 Å². The van der Waals surface area contributed by atoms with Crippen LogP contribution in [0, 0.1) is 24.7 Å². The molecular formula is C32H49NO. The van der Waals surface area contributed by atoms with Gasteiger partial charge < -0.3 is 5.32 Å². The van der Waals surface area contributed by atoms with Gasteiger partial charge in [0, 0.05) is 5.69 Å². The molecule has 0 bridgehead atoms. The first-order valence-corrected chi connectivity index (χ1v) is 13.7. The molecule has 1 amide bonds. The Morgan fingerprint density at radius 2 is 1.71 bits per heavy atom. The van der Waals surface area contributed by atoms with E-state index >= 15 is 0 Å². The molecule has 4 rings (SSSR count). The number of hydrogen-bond donors (Lipinski definition) is 1. The molecule has 0 fully saturated rings. The summed E-state index contributed by atoms with van der Waals surface area (Å²) in [5, 5.41) is 2.76. The molecule has 0 saturated carbocycles. The molecule has 2 aromatic rings. The second kappa shape index (κ2) is 14.3. The average Bonchev–Trinajstić information content (AvgIpc) is 3.17. The number of para-hydroxylation sites is 1. The van der Waals surface area contributed by atoms with Crippen LogP contribution in [0.2, 0.25) is 0 Å². The van der Waals surface area contributed by atoms with Crippen molar-refractivity contribution in [3.8, 4) is 0 Å². The quantitative estimate of drug-likeness (QED) is 0.454. The fourth-order valence-electron chi connectivity index (χ4n) is 5.08. The maximum absolute atomic E-state index is 10.8. The van der Waals surface area contributed by atoms with E-state index < -0.39 is 0 Å². The molecule has 2 aromatic carbocycles. The Kier molecular flexibility index (Phi) is 11.9. The lowest BCUT2D eigenvalue weighted by Crippen LogP contribution is -2.09. The number of aryl methyl sites for hydroxylation is 2. The van der Waals surface area contributed by atoms with E-state index in [4.69, 9.17) is 0 Å². The number of fused-ring (bicyclic) bond motifs is 2. The van der Waals surface area contributed by atoms with Crippen molar-refractivity contribution in [3.05, 3.63) is 64.7 Å². The van der Waals surface area contributed by atoms with Crippen molar-refractivity contribution < 1.29 is 4.79 Å². The van der Waals surface area contributed by atoms with Gasteiger partial charge in [0.1, 0.15) is 0 Å². The highest BCUT2D eigenvalue weighted by Crippen LogP contribution is 2.31. The zero-order chi connectivity index (χ0) is 25.1. The van der Waals surface area contributed by atoms with Crippen molar-refractivity contribution in [2.45, 2.75) is 106 Å². The highest BCUT2D eigenvalue weighted by atomic mass is 16.1. The molecule has 34 heavy (non-hydrogen) atoms. The Bertz CT molecular complexity index is 855. The second-order valence-corrected chi connectivity index (χ2v) is 11.1. The second-order valence-electron chi connectivity index (χ2n) is 11.1. The first-order valence-electron chi connectivity index (χ1n) is 13.7. The lowest BCUT2D eigenvalue weighted by atomic mass is 9.83. The summed E-state index contributed by atoms with van der Waals surface area (Å²) in [5.74, 6) is 3.61. The molecular weight excluding hydrogens is 414 g/mol. The summed E-state index contributed by atoms with van der Waals surface area (Å²) in [5.41, 5.74) is 6.66. The van der Waals surface area contributed by atoms with Gasteiger partial charge >= 0.3 is 0 Å². The summed E-state index contributed by atoms with van der Waals surface area (Å²) in [6.07, 6.45) is 10.2. The van der Waals surface area contributed by atoms with Crippen molar-refractivity contribution >= 4 is 11.6 Å². The molecule has 0 radical (unpaired) electrons. The summed E-state index contributed by atoms with van der Waals surface area (Å²) in [7, 11) is 0. The van der Waals surface area contributed by atoms with Gasteiger partial charge in [-0.2, -0.15) is 0 Å². The predicted molar refractivity (Wildman–Crippen MR) is 149 cm³/mol. The number of benzene rings is 2. The van der Waals surface area contributed by atoms with Crippen LogP contribution in [-0.4, -0.2) is 5.91 Å². The fraction of sp³-hybridized carbons (Fsp3) is 0.594. The minimum Gasteiger partial charge on any atom is -0.326 e. The average molecular weight is 464 g/mol. The van der Waals surface area contributed by atoms with E-state index in [2.05, 4.69) is 72.0 Å². The van der Waals surface area contributed by atoms with Gasteiger partial charge in [-0.15, -0.1) is 0 Å². The minimum atomic E-state index is 0.0983. The lowest BCUT2D eigenvalue weighted by molar-refractivity contribution is -0.115. The molecule has 1 aliphatic carbocycles. The van der Waals surface area contributed by atoms with Gasteiger partial charge in [0.15, 0.2) is 0 Å². The summed E-state index contributed by atoms with van der Waals surface area (Å²) in [6.45, 7) is 16.2. The molecule has 1 N–H and O–H groups in total. The van der Waals surface area contributed by atoms with Gasteiger partial charge in [0.2, 0.25) is 5.91 Å². The number of amides is 1. The van der Waals surface area contributed by atoms with Gasteiger partial charge in [-0.05, 0) is 79.0 Å². The van der Waals surface area contributed by atoms with Crippen LogP contribution in [0.3, 0.4) is 0 Å². The Labute approximate surface area is 209 Å². The number of rotatable bonds is 6. The molecule has 2 heteroatoms. The normalized spacial score (nSPS) is 17.1. The van der Waals surface area contributed by atoms with E-state index in [1.54, 1.807) is 11.1 Å². The number of nitrogens with one attached hydrogen (secondary N) is 1. The lowest BCUT2D eigenvalue weighted by Gasteiger charge is -2.22. The van der Waals surface area contributed by atoms with Crippen LogP contribution >= 0.6 is 0 Å². The SMILES string of the molecule is CCCC(CCC(C)C)C(C)C.Cc1ccc2c(c1)CCCC2C.O=C1Cc2ccccc2N1. The third kappa shape index (κ3) is 9.28. The Morgan fingerprint density at radius 3 is 2.35 bits per heavy atom. The molecule has 2 unspecified atom stereocenters. The summed E-state index contributed by atoms with van der Waals surface area (Å²) in [6, 6.07) is 14.6. The first-order chi connectivity index (χ1) is 16.2. The zero-order valence-corrected chi connectivity index (χ0v) is 22.9. The van der Waals surface area contributed by atoms with Gasteiger partial charge in [0.05, 0.1) is 6.42 Å². The summed E-state index contributed by atoms with van der Waals surface area (Å²) in [4.78, 5) is 10.8. The maximum atomic E-state index is 10.8. The van der Waals surface area contributed by atoms with Crippen LogP contribution in [0.1, 0.15) is 108 Å². The van der Waals surface area contributed by atoms with Gasteiger partial charge in [-0.25, -0.2) is 0 Å². The molecule has 0 saturated heterocycles. The van der Waals surface area contributed by atoms with Crippen LogP contribution in [-0.2, 0) is 17.6 Å². The monoisotopic (exact) mass is 463 g/mol. The topological polar surface area (TPSA) is 29.1 Å². The Hall–Kier alpha value is -2.09. The van der Waals surface area contributed by atoms with Gasteiger partial charge in [0.25, 0.3) is 0 Å². The van der Waals surface area contributed by atoms with E-state index in [9.17, 15) is 4.79 Å². The molecule has 1 aliphatic heterocycles. The van der Waals surface area contributed by atoms with Crippen LogP contribution < -0.4 is 5.32 Å². The molecule has 0 spiro atoms. The number of hydrogen-bond acceptors (Lipinski definition) is 1. The minimum absolute atomic E-state index is 0.0983. The molecule has 2 nitrogen and oxygen atoms in total. The molecule has 188 valence electrons. The van der Waals surface area contributed by atoms with Crippen LogP contribution in [0.4, 0.5) is 5.69 Å². The van der Waals surface area contributed by atoms with Gasteiger partial charge in [-0.3, -0.25) is 4.79 Å². The number of anilines is 1. The number of carbonyl (C=O) groups excluding carboxylic acids is 1. The molecule has 2 atom stereocenters. The molecule has 2 aliphatic rings. The Balaban J connectivity index is 0.000000181. The van der Waals surface area contributed by atoms with Crippen molar-refractivity contribution in [1.29, 1.82) is 0 Å². The maximum Gasteiger partial charge on any atom is 0.228 e. The third-order valence-electron chi connectivity index (χ3n) is 7.27. The van der Waals surface area contributed by atoms with E-state index in [1.165, 1.54) is 50.5 Å². The molecule has 1 heterocycles. The van der Waals surface area contributed by atoms with Crippen molar-refractivity contribution in [2.75, 3.05) is 5.32 Å². The number of carbonyl (C=O) groups is 1. The van der Waals surface area contributed by atoms with Gasteiger partial charge in [-0.1, -0.05) is 103 Å². The highest BCUT2D eigenvalue weighted by molar-refractivity contribution is 5.98. The van der Waals surface area contributed by atoms with Crippen molar-refractivity contribution in [3.63, 3.8) is 0 Å². The third-order valence-corrected chi connectivity index (χ3v) is 7.27. The smallest absolute Gasteiger partial charge is 0.228 e. The van der Waals surface area contributed by atoms with Crippen LogP contribution in [0.5, 0.6) is 0 Å².